The van der Waals surface area contributed by atoms with Crippen LogP contribution in [-0.4, -0.2) is 16.6 Å². The van der Waals surface area contributed by atoms with Crippen molar-refractivity contribution in [2.75, 3.05) is 6.54 Å². The van der Waals surface area contributed by atoms with Gasteiger partial charge in [-0.3, -0.25) is 4.79 Å². The quantitative estimate of drug-likeness (QED) is 0.489. The molecule has 0 radical (unpaired) electrons. The highest BCUT2D eigenvalue weighted by atomic mass is 35.5. The summed E-state index contributed by atoms with van der Waals surface area (Å²) in [7, 11) is 0. The summed E-state index contributed by atoms with van der Waals surface area (Å²) < 4.78 is 0.679. The Labute approximate surface area is 160 Å². The Bertz CT molecular complexity index is 1150. The summed E-state index contributed by atoms with van der Waals surface area (Å²) >= 11 is 1.41. The van der Waals surface area contributed by atoms with Crippen LogP contribution in [0.1, 0.15) is 11.1 Å². The van der Waals surface area contributed by atoms with Crippen LogP contribution in [0.15, 0.2) is 46.6 Å². The van der Waals surface area contributed by atoms with Crippen molar-refractivity contribution in [3.8, 4) is 16.9 Å². The SMILES string of the molecule is Cc1cc(O)c(-c2ccc(CCN)cc2)c2c1[nH]c(=O)c1sccc12.Cl. The van der Waals surface area contributed by atoms with E-state index >= 15 is 0 Å². The molecular formula is C20H19ClN2O2S. The largest absolute Gasteiger partial charge is 0.507 e. The number of fused-ring (bicyclic) bond motifs is 3. The second-order valence-corrected chi connectivity index (χ2v) is 7.11. The van der Waals surface area contributed by atoms with Crippen molar-refractivity contribution < 1.29 is 5.11 Å². The van der Waals surface area contributed by atoms with Crippen LogP contribution in [0, 0.1) is 6.92 Å². The average Bonchev–Trinajstić information content (AvgIpc) is 3.08. The molecule has 0 amide bonds. The molecule has 0 atom stereocenters. The van der Waals surface area contributed by atoms with Gasteiger partial charge in [-0.2, -0.15) is 0 Å². The van der Waals surface area contributed by atoms with Crippen molar-refractivity contribution in [3.63, 3.8) is 0 Å². The van der Waals surface area contributed by atoms with Crippen molar-refractivity contribution in [2.45, 2.75) is 13.3 Å². The summed E-state index contributed by atoms with van der Waals surface area (Å²) in [6.45, 7) is 2.50. The maximum Gasteiger partial charge on any atom is 0.266 e. The molecule has 0 aliphatic carbocycles. The van der Waals surface area contributed by atoms with E-state index in [-0.39, 0.29) is 23.7 Å². The molecule has 0 aliphatic rings. The molecule has 0 spiro atoms. The Morgan fingerprint density at radius 1 is 1.19 bits per heavy atom. The molecule has 4 rings (SSSR count). The minimum absolute atomic E-state index is 0. The third-order valence-corrected chi connectivity index (χ3v) is 5.47. The van der Waals surface area contributed by atoms with E-state index in [2.05, 4.69) is 4.98 Å². The van der Waals surface area contributed by atoms with Gasteiger partial charge in [-0.05, 0) is 54.1 Å². The summed E-state index contributed by atoms with van der Waals surface area (Å²) in [5.74, 6) is 0.219. The first-order valence-electron chi connectivity index (χ1n) is 8.15. The van der Waals surface area contributed by atoms with Crippen LogP contribution in [0.5, 0.6) is 5.75 Å². The Hall–Kier alpha value is -2.34. The van der Waals surface area contributed by atoms with E-state index in [1.54, 1.807) is 6.07 Å². The number of aromatic nitrogens is 1. The number of hydrogen-bond donors (Lipinski definition) is 3. The van der Waals surface area contributed by atoms with Crippen molar-refractivity contribution in [3.05, 3.63) is 63.3 Å². The van der Waals surface area contributed by atoms with Crippen LogP contribution >= 0.6 is 23.7 Å². The first-order valence-corrected chi connectivity index (χ1v) is 9.03. The van der Waals surface area contributed by atoms with E-state index in [0.29, 0.717) is 11.2 Å². The van der Waals surface area contributed by atoms with Crippen molar-refractivity contribution in [1.29, 1.82) is 0 Å². The number of benzene rings is 2. The fourth-order valence-electron chi connectivity index (χ4n) is 3.38. The predicted octanol–water partition coefficient (Wildman–Crippen LogP) is 4.35. The third-order valence-electron chi connectivity index (χ3n) is 4.56. The zero-order chi connectivity index (χ0) is 17.6. The van der Waals surface area contributed by atoms with Gasteiger partial charge in [-0.15, -0.1) is 23.7 Å². The maximum absolute atomic E-state index is 12.3. The second-order valence-electron chi connectivity index (χ2n) is 6.19. The summed E-state index contributed by atoms with van der Waals surface area (Å²) in [6.07, 6.45) is 0.822. The number of halogens is 1. The Balaban J connectivity index is 0.00000196. The number of aryl methyl sites for hydroxylation is 1. The lowest BCUT2D eigenvalue weighted by Crippen LogP contribution is -2.06. The van der Waals surface area contributed by atoms with Gasteiger partial charge in [0.05, 0.1) is 5.52 Å². The van der Waals surface area contributed by atoms with E-state index in [0.717, 1.165) is 45.0 Å². The summed E-state index contributed by atoms with van der Waals surface area (Å²) in [5.41, 5.74) is 9.98. The highest BCUT2D eigenvalue weighted by Crippen LogP contribution is 2.41. The lowest BCUT2D eigenvalue weighted by Gasteiger charge is -2.13. The molecule has 2 aromatic carbocycles. The predicted molar refractivity (Wildman–Crippen MR) is 112 cm³/mol. The van der Waals surface area contributed by atoms with Crippen molar-refractivity contribution in [1.82, 2.24) is 4.98 Å². The maximum atomic E-state index is 12.3. The number of H-pyrrole nitrogens is 1. The third kappa shape index (κ3) is 2.88. The fourth-order valence-corrected chi connectivity index (χ4v) is 4.17. The number of nitrogens with two attached hydrogens (primary N) is 1. The van der Waals surface area contributed by atoms with Crippen LogP contribution in [-0.2, 0) is 6.42 Å². The summed E-state index contributed by atoms with van der Waals surface area (Å²) in [6, 6.07) is 11.7. The van der Waals surface area contributed by atoms with E-state index in [1.165, 1.54) is 11.3 Å². The number of rotatable bonds is 3. The van der Waals surface area contributed by atoms with Gasteiger partial charge in [-0.25, -0.2) is 0 Å². The normalized spacial score (nSPS) is 11.0. The van der Waals surface area contributed by atoms with Crippen LogP contribution in [0.4, 0.5) is 0 Å². The Morgan fingerprint density at radius 2 is 1.92 bits per heavy atom. The van der Waals surface area contributed by atoms with Gasteiger partial charge < -0.3 is 15.8 Å². The molecule has 4 nitrogen and oxygen atoms in total. The zero-order valence-electron chi connectivity index (χ0n) is 14.2. The van der Waals surface area contributed by atoms with Gasteiger partial charge in [0.15, 0.2) is 0 Å². The molecule has 0 saturated heterocycles. The molecule has 0 aliphatic heterocycles. The molecule has 0 saturated carbocycles. The Kier molecular flexibility index (Phi) is 5.05. The molecule has 4 N–H and O–H groups in total. The number of pyridine rings is 1. The van der Waals surface area contributed by atoms with E-state index in [1.807, 2.05) is 42.6 Å². The number of phenols is 1. The van der Waals surface area contributed by atoms with Crippen molar-refractivity contribution in [2.24, 2.45) is 5.73 Å². The lowest BCUT2D eigenvalue weighted by atomic mass is 9.94. The van der Waals surface area contributed by atoms with E-state index in [4.69, 9.17) is 5.73 Å². The number of nitrogens with one attached hydrogen (secondary N) is 1. The van der Waals surface area contributed by atoms with Crippen molar-refractivity contribution >= 4 is 44.7 Å². The first kappa shape index (κ1) is 18.5. The molecule has 134 valence electrons. The standard InChI is InChI=1S/C20H18N2O2S.ClH/c1-11-10-15(23)16(13-4-2-12(3-5-13)6-8-21)17-14-7-9-25-19(14)20(24)22-18(11)17;/h2-5,7,9-10,23H,6,8,21H2,1H3,(H,22,24);1H. The minimum Gasteiger partial charge on any atom is -0.507 e. The Morgan fingerprint density at radius 3 is 2.62 bits per heavy atom. The van der Waals surface area contributed by atoms with Crippen LogP contribution in [0.3, 0.4) is 0 Å². The molecule has 4 aromatic rings. The molecule has 0 unspecified atom stereocenters. The lowest BCUT2D eigenvalue weighted by molar-refractivity contribution is 0.477. The monoisotopic (exact) mass is 386 g/mol. The summed E-state index contributed by atoms with van der Waals surface area (Å²) in [5, 5.41) is 14.4. The average molecular weight is 387 g/mol. The molecule has 0 fully saturated rings. The number of aromatic hydroxyl groups is 1. The molecule has 2 heterocycles. The first-order chi connectivity index (χ1) is 12.1. The topological polar surface area (TPSA) is 79.1 Å². The molecule has 2 aromatic heterocycles. The summed E-state index contributed by atoms with van der Waals surface area (Å²) in [4.78, 5) is 15.3. The zero-order valence-corrected chi connectivity index (χ0v) is 15.8. The number of thiophene rings is 1. The molecule has 6 heteroatoms. The van der Waals surface area contributed by atoms with Crippen LogP contribution < -0.4 is 11.3 Å². The molecule has 26 heavy (non-hydrogen) atoms. The highest BCUT2D eigenvalue weighted by molar-refractivity contribution is 7.17. The van der Waals surface area contributed by atoms with Gasteiger partial charge in [-0.1, -0.05) is 24.3 Å². The van der Waals surface area contributed by atoms with Gasteiger partial charge >= 0.3 is 0 Å². The fraction of sp³-hybridized carbons (Fsp3) is 0.150. The van der Waals surface area contributed by atoms with Gasteiger partial charge in [0.1, 0.15) is 10.4 Å². The van der Waals surface area contributed by atoms with E-state index in [9.17, 15) is 9.90 Å². The number of aromatic amines is 1. The number of hydrogen-bond acceptors (Lipinski definition) is 4. The molecular weight excluding hydrogens is 368 g/mol. The number of phenolic OH excluding ortho intramolecular Hbond substituents is 1. The second kappa shape index (κ2) is 7.11. The minimum atomic E-state index is -0.0875. The van der Waals surface area contributed by atoms with Crippen LogP contribution in [0.2, 0.25) is 0 Å². The molecule has 0 bridgehead atoms. The van der Waals surface area contributed by atoms with Gasteiger partial charge in [0.2, 0.25) is 0 Å². The highest BCUT2D eigenvalue weighted by Gasteiger charge is 2.17. The van der Waals surface area contributed by atoms with Gasteiger partial charge in [0.25, 0.3) is 5.56 Å². The van der Waals surface area contributed by atoms with Gasteiger partial charge in [0, 0.05) is 16.3 Å². The van der Waals surface area contributed by atoms with Crippen LogP contribution in [0.25, 0.3) is 32.1 Å². The smallest absolute Gasteiger partial charge is 0.266 e. The van der Waals surface area contributed by atoms with E-state index < -0.39 is 0 Å².